The van der Waals surface area contributed by atoms with Crippen LogP contribution in [0, 0.1) is 6.92 Å². The summed E-state index contributed by atoms with van der Waals surface area (Å²) in [6.07, 6.45) is 1.58. The van der Waals surface area contributed by atoms with E-state index in [1.807, 2.05) is 43.3 Å². The molecule has 1 aromatic heterocycles. The monoisotopic (exact) mass is 334 g/mol. The summed E-state index contributed by atoms with van der Waals surface area (Å²) in [5.41, 5.74) is 2.19. The normalized spacial score (nSPS) is 10.2. The maximum absolute atomic E-state index is 12.6. The Kier molecular flexibility index (Phi) is 4.95. The molecule has 0 unspecified atom stereocenters. The van der Waals surface area contributed by atoms with Gasteiger partial charge in [-0.05, 0) is 43.3 Å². The van der Waals surface area contributed by atoms with Crippen LogP contribution in [0.5, 0.6) is 17.4 Å². The number of aromatic nitrogens is 1. The zero-order valence-corrected chi connectivity index (χ0v) is 14.0. The number of methoxy groups -OCH3 is 1. The van der Waals surface area contributed by atoms with E-state index in [1.54, 1.807) is 37.6 Å². The number of hydrogen-bond donors (Lipinski definition) is 1. The predicted molar refractivity (Wildman–Crippen MR) is 96.4 cm³/mol. The Morgan fingerprint density at radius 2 is 1.76 bits per heavy atom. The lowest BCUT2D eigenvalue weighted by Gasteiger charge is -2.11. The molecule has 0 bridgehead atoms. The fourth-order valence-corrected chi connectivity index (χ4v) is 2.26. The van der Waals surface area contributed by atoms with Gasteiger partial charge >= 0.3 is 0 Å². The number of nitrogens with zero attached hydrogens (tertiary/aromatic N) is 1. The second kappa shape index (κ2) is 7.49. The van der Waals surface area contributed by atoms with E-state index in [0.717, 1.165) is 5.56 Å². The lowest BCUT2D eigenvalue weighted by molar-refractivity contribution is 0.102. The molecular weight excluding hydrogens is 316 g/mol. The number of rotatable bonds is 5. The fourth-order valence-electron chi connectivity index (χ4n) is 2.26. The lowest BCUT2D eigenvalue weighted by atomic mass is 10.2. The molecule has 3 rings (SSSR count). The third-order valence-electron chi connectivity index (χ3n) is 3.58. The average Bonchev–Trinajstić information content (AvgIpc) is 2.64. The van der Waals surface area contributed by atoms with Crippen LogP contribution in [0.25, 0.3) is 0 Å². The molecule has 3 aromatic rings. The maximum Gasteiger partial charge on any atom is 0.261 e. The van der Waals surface area contributed by atoms with E-state index in [1.165, 1.54) is 0 Å². The van der Waals surface area contributed by atoms with Crippen LogP contribution >= 0.6 is 0 Å². The third kappa shape index (κ3) is 4.14. The molecule has 0 aliphatic heterocycles. The predicted octanol–water partition coefficient (Wildman–Crippen LogP) is 4.44. The highest BCUT2D eigenvalue weighted by Crippen LogP contribution is 2.26. The minimum absolute atomic E-state index is 0.236. The smallest absolute Gasteiger partial charge is 0.261 e. The molecule has 126 valence electrons. The number of benzene rings is 2. The van der Waals surface area contributed by atoms with Crippen molar-refractivity contribution in [1.29, 1.82) is 0 Å². The van der Waals surface area contributed by atoms with E-state index >= 15 is 0 Å². The quantitative estimate of drug-likeness (QED) is 0.749. The summed E-state index contributed by atoms with van der Waals surface area (Å²) in [6, 6.07) is 18.1. The molecule has 5 heteroatoms. The van der Waals surface area contributed by atoms with Gasteiger partial charge in [0.15, 0.2) is 0 Å². The number of hydrogen-bond acceptors (Lipinski definition) is 4. The van der Waals surface area contributed by atoms with E-state index in [9.17, 15) is 4.79 Å². The van der Waals surface area contributed by atoms with Gasteiger partial charge in [-0.1, -0.05) is 23.8 Å². The number of carbonyl (C=O) groups is 1. The second-order valence-electron chi connectivity index (χ2n) is 5.46. The standard InChI is InChI=1S/C20H18N2O3/c1-14-8-10-15(11-9-14)22-19(23)18-7-4-12-21-20(18)25-17-6-3-5-16(13-17)24-2/h3-13H,1-2H3,(H,22,23). The highest BCUT2D eigenvalue weighted by molar-refractivity contribution is 6.05. The van der Waals surface area contributed by atoms with Crippen molar-refractivity contribution >= 4 is 11.6 Å². The molecule has 1 amide bonds. The van der Waals surface area contributed by atoms with Gasteiger partial charge in [0.25, 0.3) is 5.91 Å². The molecule has 0 saturated carbocycles. The highest BCUT2D eigenvalue weighted by atomic mass is 16.5. The fraction of sp³-hybridized carbons (Fsp3) is 0.100. The third-order valence-corrected chi connectivity index (χ3v) is 3.58. The number of ether oxygens (including phenoxy) is 2. The molecule has 0 fully saturated rings. The van der Waals surface area contributed by atoms with Crippen LogP contribution in [0.1, 0.15) is 15.9 Å². The first kappa shape index (κ1) is 16.5. The molecule has 0 spiro atoms. The Morgan fingerprint density at radius 1 is 1.00 bits per heavy atom. The number of nitrogens with one attached hydrogen (secondary N) is 1. The van der Waals surface area contributed by atoms with Crippen molar-refractivity contribution in [2.45, 2.75) is 6.92 Å². The first-order chi connectivity index (χ1) is 12.2. The van der Waals surface area contributed by atoms with Crippen LogP contribution in [-0.2, 0) is 0 Å². The van der Waals surface area contributed by atoms with Crippen molar-refractivity contribution in [3.63, 3.8) is 0 Å². The van der Waals surface area contributed by atoms with E-state index in [-0.39, 0.29) is 11.8 Å². The molecule has 0 atom stereocenters. The molecule has 0 aliphatic carbocycles. The van der Waals surface area contributed by atoms with Crippen LogP contribution in [0.15, 0.2) is 66.9 Å². The van der Waals surface area contributed by atoms with Crippen LogP contribution in [-0.4, -0.2) is 18.0 Å². The number of amides is 1. The number of anilines is 1. The van der Waals surface area contributed by atoms with E-state index in [2.05, 4.69) is 10.3 Å². The van der Waals surface area contributed by atoms with Crippen molar-refractivity contribution in [3.05, 3.63) is 78.0 Å². The molecule has 1 heterocycles. The average molecular weight is 334 g/mol. The van der Waals surface area contributed by atoms with Crippen LogP contribution < -0.4 is 14.8 Å². The number of aryl methyl sites for hydroxylation is 1. The van der Waals surface area contributed by atoms with E-state index in [0.29, 0.717) is 22.7 Å². The molecular formula is C20H18N2O3. The minimum Gasteiger partial charge on any atom is -0.497 e. The first-order valence-corrected chi connectivity index (χ1v) is 7.80. The summed E-state index contributed by atoms with van der Waals surface area (Å²) in [6.45, 7) is 1.99. The summed E-state index contributed by atoms with van der Waals surface area (Å²) >= 11 is 0. The molecule has 25 heavy (non-hydrogen) atoms. The summed E-state index contributed by atoms with van der Waals surface area (Å²) in [4.78, 5) is 16.8. The van der Waals surface area contributed by atoms with Gasteiger partial charge in [0.1, 0.15) is 17.1 Å². The first-order valence-electron chi connectivity index (χ1n) is 7.80. The van der Waals surface area contributed by atoms with Crippen molar-refractivity contribution in [1.82, 2.24) is 4.98 Å². The molecule has 5 nitrogen and oxygen atoms in total. The molecule has 1 N–H and O–H groups in total. The molecule has 2 aromatic carbocycles. The van der Waals surface area contributed by atoms with Crippen LogP contribution in [0.2, 0.25) is 0 Å². The Morgan fingerprint density at radius 3 is 2.52 bits per heavy atom. The highest BCUT2D eigenvalue weighted by Gasteiger charge is 2.14. The van der Waals surface area contributed by atoms with Crippen molar-refractivity contribution in [3.8, 4) is 17.4 Å². The Labute approximate surface area is 146 Å². The van der Waals surface area contributed by atoms with Gasteiger partial charge in [-0.3, -0.25) is 4.79 Å². The largest absolute Gasteiger partial charge is 0.497 e. The zero-order chi connectivity index (χ0) is 17.6. The Hall–Kier alpha value is -3.34. The topological polar surface area (TPSA) is 60.5 Å². The van der Waals surface area contributed by atoms with Gasteiger partial charge in [-0.15, -0.1) is 0 Å². The van der Waals surface area contributed by atoms with Crippen LogP contribution in [0.3, 0.4) is 0 Å². The summed E-state index contributed by atoms with van der Waals surface area (Å²) in [7, 11) is 1.58. The van der Waals surface area contributed by atoms with E-state index < -0.39 is 0 Å². The minimum atomic E-state index is -0.283. The summed E-state index contributed by atoms with van der Waals surface area (Å²) in [5.74, 6) is 1.16. The van der Waals surface area contributed by atoms with Gasteiger partial charge in [0.05, 0.1) is 7.11 Å². The summed E-state index contributed by atoms with van der Waals surface area (Å²) in [5, 5.41) is 2.85. The van der Waals surface area contributed by atoms with Gasteiger partial charge in [0, 0.05) is 18.0 Å². The van der Waals surface area contributed by atoms with E-state index in [4.69, 9.17) is 9.47 Å². The summed E-state index contributed by atoms with van der Waals surface area (Å²) < 4.78 is 11.0. The van der Waals surface area contributed by atoms with Gasteiger partial charge < -0.3 is 14.8 Å². The molecule has 0 saturated heterocycles. The van der Waals surface area contributed by atoms with Crippen LogP contribution in [0.4, 0.5) is 5.69 Å². The zero-order valence-electron chi connectivity index (χ0n) is 14.0. The SMILES string of the molecule is COc1cccc(Oc2ncccc2C(=O)Nc2ccc(C)cc2)c1. The maximum atomic E-state index is 12.6. The van der Waals surface area contributed by atoms with Gasteiger partial charge in [0.2, 0.25) is 5.88 Å². The second-order valence-corrected chi connectivity index (χ2v) is 5.46. The van der Waals surface area contributed by atoms with Crippen molar-refractivity contribution < 1.29 is 14.3 Å². The number of carbonyl (C=O) groups excluding carboxylic acids is 1. The lowest BCUT2D eigenvalue weighted by Crippen LogP contribution is -2.13. The van der Waals surface area contributed by atoms with Crippen molar-refractivity contribution in [2.75, 3.05) is 12.4 Å². The van der Waals surface area contributed by atoms with Crippen molar-refractivity contribution in [2.24, 2.45) is 0 Å². The molecule has 0 aliphatic rings. The number of pyridine rings is 1. The van der Waals surface area contributed by atoms with Gasteiger partial charge in [-0.25, -0.2) is 4.98 Å². The Bertz CT molecular complexity index is 876. The Balaban J connectivity index is 1.82. The van der Waals surface area contributed by atoms with Gasteiger partial charge in [-0.2, -0.15) is 0 Å². The molecule has 0 radical (unpaired) electrons.